The highest BCUT2D eigenvalue weighted by Crippen LogP contribution is 2.30. The molecule has 1 aliphatic heterocycles. The largest absolute Gasteiger partial charge is 0.381 e. The van der Waals surface area contributed by atoms with Crippen LogP contribution in [0.5, 0.6) is 0 Å². The Morgan fingerprint density at radius 3 is 2.85 bits per heavy atom. The standard InChI is InChI=1S/C15H14BrN3O/c16-10-1-2-13-12(7-10)15-14(8-17-13)18-9-19(15)11-3-5-20-6-4-11/h1-2,7-9,11H,3-6H2. The maximum Gasteiger partial charge on any atom is 0.107 e. The Balaban J connectivity index is 1.99. The third kappa shape index (κ3) is 1.93. The molecule has 5 heteroatoms. The summed E-state index contributed by atoms with van der Waals surface area (Å²) < 4.78 is 8.83. The average Bonchev–Trinajstić information content (AvgIpc) is 2.92. The van der Waals surface area contributed by atoms with Gasteiger partial charge in [0.05, 0.1) is 23.6 Å². The number of pyridine rings is 1. The molecular formula is C15H14BrN3O. The Morgan fingerprint density at radius 2 is 2.00 bits per heavy atom. The van der Waals surface area contributed by atoms with Gasteiger partial charge in [0.1, 0.15) is 5.52 Å². The summed E-state index contributed by atoms with van der Waals surface area (Å²) in [4.78, 5) is 9.01. The predicted molar refractivity (Wildman–Crippen MR) is 81.8 cm³/mol. The average molecular weight is 332 g/mol. The summed E-state index contributed by atoms with van der Waals surface area (Å²) in [6.45, 7) is 1.66. The molecule has 4 rings (SSSR count). The molecule has 0 radical (unpaired) electrons. The van der Waals surface area contributed by atoms with Crippen LogP contribution in [0.1, 0.15) is 18.9 Å². The molecule has 3 heterocycles. The maximum atomic E-state index is 5.46. The number of hydrogen-bond donors (Lipinski definition) is 0. The monoisotopic (exact) mass is 331 g/mol. The lowest BCUT2D eigenvalue weighted by molar-refractivity contribution is 0.0706. The first-order chi connectivity index (χ1) is 9.83. The molecule has 4 nitrogen and oxygen atoms in total. The molecule has 2 aromatic heterocycles. The van der Waals surface area contributed by atoms with Crippen molar-refractivity contribution in [2.45, 2.75) is 18.9 Å². The van der Waals surface area contributed by atoms with Crippen molar-refractivity contribution in [1.29, 1.82) is 0 Å². The molecule has 0 unspecified atom stereocenters. The SMILES string of the molecule is Brc1ccc2ncc3ncn(C4CCOCC4)c3c2c1. The van der Waals surface area contributed by atoms with Gasteiger partial charge in [0.2, 0.25) is 0 Å². The van der Waals surface area contributed by atoms with Crippen LogP contribution in [0.2, 0.25) is 0 Å². The Morgan fingerprint density at radius 1 is 1.15 bits per heavy atom. The number of benzene rings is 1. The van der Waals surface area contributed by atoms with Gasteiger partial charge in [0.25, 0.3) is 0 Å². The zero-order valence-electron chi connectivity index (χ0n) is 10.9. The first-order valence-electron chi connectivity index (χ1n) is 6.81. The van der Waals surface area contributed by atoms with E-state index in [2.05, 4.69) is 36.5 Å². The highest BCUT2D eigenvalue weighted by molar-refractivity contribution is 9.10. The lowest BCUT2D eigenvalue weighted by atomic mass is 10.1. The Labute approximate surface area is 124 Å². The van der Waals surface area contributed by atoms with Gasteiger partial charge >= 0.3 is 0 Å². The summed E-state index contributed by atoms with van der Waals surface area (Å²) in [5.41, 5.74) is 3.15. The van der Waals surface area contributed by atoms with E-state index >= 15 is 0 Å². The van der Waals surface area contributed by atoms with Crippen LogP contribution in [-0.2, 0) is 4.74 Å². The van der Waals surface area contributed by atoms with Gasteiger partial charge in [-0.05, 0) is 31.0 Å². The van der Waals surface area contributed by atoms with Crippen molar-refractivity contribution in [1.82, 2.24) is 14.5 Å². The molecule has 0 N–H and O–H groups in total. The normalized spacial score (nSPS) is 17.1. The van der Waals surface area contributed by atoms with Crippen molar-refractivity contribution in [3.63, 3.8) is 0 Å². The van der Waals surface area contributed by atoms with E-state index in [1.165, 1.54) is 5.52 Å². The Hall–Kier alpha value is -1.46. The zero-order valence-corrected chi connectivity index (χ0v) is 12.5. The predicted octanol–water partition coefficient (Wildman–Crippen LogP) is 3.70. The van der Waals surface area contributed by atoms with Crippen LogP contribution in [0.3, 0.4) is 0 Å². The van der Waals surface area contributed by atoms with E-state index in [-0.39, 0.29) is 0 Å². The van der Waals surface area contributed by atoms with E-state index in [0.717, 1.165) is 46.9 Å². The molecule has 1 aliphatic rings. The van der Waals surface area contributed by atoms with Crippen LogP contribution in [0.4, 0.5) is 0 Å². The molecule has 20 heavy (non-hydrogen) atoms. The van der Waals surface area contributed by atoms with Crippen molar-refractivity contribution >= 4 is 37.9 Å². The van der Waals surface area contributed by atoms with Crippen LogP contribution in [-0.4, -0.2) is 27.7 Å². The smallest absolute Gasteiger partial charge is 0.107 e. The van der Waals surface area contributed by atoms with E-state index < -0.39 is 0 Å². The number of halogens is 1. The maximum absolute atomic E-state index is 5.46. The lowest BCUT2D eigenvalue weighted by Crippen LogP contribution is -2.19. The second kappa shape index (κ2) is 4.82. The fourth-order valence-electron chi connectivity index (χ4n) is 2.93. The fourth-order valence-corrected chi connectivity index (χ4v) is 3.29. The van der Waals surface area contributed by atoms with Gasteiger partial charge < -0.3 is 9.30 Å². The highest BCUT2D eigenvalue weighted by atomic mass is 79.9. The van der Waals surface area contributed by atoms with Crippen LogP contribution < -0.4 is 0 Å². The zero-order chi connectivity index (χ0) is 13.5. The van der Waals surface area contributed by atoms with E-state index in [0.29, 0.717) is 6.04 Å². The first kappa shape index (κ1) is 12.3. The van der Waals surface area contributed by atoms with E-state index in [9.17, 15) is 0 Å². The van der Waals surface area contributed by atoms with Gasteiger partial charge in [-0.3, -0.25) is 4.98 Å². The van der Waals surface area contributed by atoms with Gasteiger partial charge in [-0.2, -0.15) is 0 Å². The molecule has 3 aromatic rings. The molecule has 102 valence electrons. The third-order valence-corrected chi connectivity index (χ3v) is 4.44. The van der Waals surface area contributed by atoms with E-state index in [1.807, 2.05) is 24.7 Å². The van der Waals surface area contributed by atoms with Crippen LogP contribution in [0.25, 0.3) is 21.9 Å². The fraction of sp³-hybridized carbons (Fsp3) is 0.333. The number of ether oxygens (including phenoxy) is 1. The minimum absolute atomic E-state index is 0.471. The number of rotatable bonds is 1. The number of imidazole rings is 1. The second-order valence-electron chi connectivity index (χ2n) is 5.15. The van der Waals surface area contributed by atoms with Crippen LogP contribution in [0, 0.1) is 0 Å². The summed E-state index contributed by atoms with van der Waals surface area (Å²) in [7, 11) is 0. The lowest BCUT2D eigenvalue weighted by Gasteiger charge is -2.24. The van der Waals surface area contributed by atoms with Crippen LogP contribution in [0.15, 0.2) is 35.2 Å². The minimum atomic E-state index is 0.471. The van der Waals surface area contributed by atoms with Crippen LogP contribution >= 0.6 is 15.9 Å². The summed E-state index contributed by atoms with van der Waals surface area (Å²) in [6.07, 6.45) is 5.90. The quantitative estimate of drug-likeness (QED) is 0.682. The van der Waals surface area contributed by atoms with Crippen molar-refractivity contribution in [2.24, 2.45) is 0 Å². The molecule has 0 amide bonds. The number of nitrogens with zero attached hydrogens (tertiary/aromatic N) is 3. The molecule has 0 saturated carbocycles. The summed E-state index contributed by atoms with van der Waals surface area (Å²) in [5, 5.41) is 1.15. The molecule has 0 spiro atoms. The van der Waals surface area contributed by atoms with Crippen molar-refractivity contribution < 1.29 is 4.74 Å². The summed E-state index contributed by atoms with van der Waals surface area (Å²) in [6, 6.07) is 6.66. The van der Waals surface area contributed by atoms with Gasteiger partial charge in [-0.15, -0.1) is 0 Å². The van der Waals surface area contributed by atoms with Gasteiger partial charge in [-0.25, -0.2) is 4.98 Å². The molecule has 1 aromatic carbocycles. The topological polar surface area (TPSA) is 39.9 Å². The van der Waals surface area contributed by atoms with Gasteiger partial charge in [0, 0.05) is 29.1 Å². The molecule has 1 fully saturated rings. The van der Waals surface area contributed by atoms with Gasteiger partial charge in [-0.1, -0.05) is 15.9 Å². The van der Waals surface area contributed by atoms with Crippen molar-refractivity contribution in [2.75, 3.05) is 13.2 Å². The van der Waals surface area contributed by atoms with E-state index in [4.69, 9.17) is 4.74 Å². The Kier molecular flexibility index (Phi) is 2.97. The van der Waals surface area contributed by atoms with Gasteiger partial charge in [0.15, 0.2) is 0 Å². The van der Waals surface area contributed by atoms with E-state index in [1.54, 1.807) is 0 Å². The number of fused-ring (bicyclic) bond motifs is 3. The second-order valence-corrected chi connectivity index (χ2v) is 6.06. The molecule has 0 aliphatic carbocycles. The first-order valence-corrected chi connectivity index (χ1v) is 7.61. The molecule has 0 bridgehead atoms. The number of hydrogen-bond acceptors (Lipinski definition) is 3. The highest BCUT2D eigenvalue weighted by Gasteiger charge is 2.19. The molecule has 0 atom stereocenters. The molecule has 1 saturated heterocycles. The molecular weight excluding hydrogens is 318 g/mol. The summed E-state index contributed by atoms with van der Waals surface area (Å²) >= 11 is 3.55. The Bertz CT molecular complexity index is 777. The van der Waals surface area contributed by atoms with Crippen molar-refractivity contribution in [3.8, 4) is 0 Å². The third-order valence-electron chi connectivity index (χ3n) is 3.95. The summed E-state index contributed by atoms with van der Waals surface area (Å²) in [5.74, 6) is 0. The number of aromatic nitrogens is 3. The minimum Gasteiger partial charge on any atom is -0.381 e. The van der Waals surface area contributed by atoms with Crippen molar-refractivity contribution in [3.05, 3.63) is 35.2 Å².